The van der Waals surface area contributed by atoms with E-state index in [1.165, 1.54) is 18.2 Å². The van der Waals surface area contributed by atoms with E-state index < -0.39 is 17.6 Å². The van der Waals surface area contributed by atoms with Crippen LogP contribution in [0.2, 0.25) is 0 Å². The van der Waals surface area contributed by atoms with Crippen LogP contribution in [-0.2, 0) is 15.8 Å². The Morgan fingerprint density at radius 2 is 1.48 bits per heavy atom. The molecule has 0 saturated carbocycles. The molecule has 0 radical (unpaired) electrons. The Hall–Kier alpha value is -2.13. The summed E-state index contributed by atoms with van der Waals surface area (Å²) >= 11 is 0. The summed E-state index contributed by atoms with van der Waals surface area (Å²) in [6.45, 7) is 8.61. The van der Waals surface area contributed by atoms with Gasteiger partial charge in [0.1, 0.15) is 0 Å². The third-order valence-corrected chi connectivity index (χ3v) is 4.44. The van der Waals surface area contributed by atoms with Crippen LogP contribution >= 0.6 is 0 Å². The second kappa shape index (κ2) is 9.58. The molecule has 6 nitrogen and oxygen atoms in total. The van der Waals surface area contributed by atoms with E-state index in [4.69, 9.17) is 0 Å². The summed E-state index contributed by atoms with van der Waals surface area (Å²) in [6.07, 6.45) is -3.75. The van der Waals surface area contributed by atoms with Crippen molar-refractivity contribution in [2.24, 2.45) is 0 Å². The van der Waals surface area contributed by atoms with Gasteiger partial charge in [-0.2, -0.15) is 13.2 Å². The number of nitrogens with one attached hydrogen (secondary N) is 2. The molecule has 0 aliphatic carbocycles. The number of hydrogen-bond acceptors (Lipinski definition) is 4. The van der Waals surface area contributed by atoms with Gasteiger partial charge in [0.25, 0.3) is 0 Å². The SMILES string of the molecule is CC(C)(C)NC(=O)CN1CCCN(CC(=O)Nc2ccccc2C(F)(F)F)CC1. The predicted octanol–water partition coefficient (Wildman–Crippen LogP) is 2.57. The molecule has 0 aromatic heterocycles. The van der Waals surface area contributed by atoms with Crippen LogP contribution in [0.1, 0.15) is 32.8 Å². The molecule has 1 aromatic rings. The van der Waals surface area contributed by atoms with Crippen molar-refractivity contribution in [3.05, 3.63) is 29.8 Å². The molecule has 1 aromatic carbocycles. The lowest BCUT2D eigenvalue weighted by molar-refractivity contribution is -0.137. The zero-order chi connectivity index (χ0) is 21.7. The first-order valence-corrected chi connectivity index (χ1v) is 9.66. The number of carbonyl (C=O) groups is 2. The maximum absolute atomic E-state index is 13.1. The van der Waals surface area contributed by atoms with E-state index in [1.54, 1.807) is 0 Å². The highest BCUT2D eigenvalue weighted by Gasteiger charge is 2.33. The van der Waals surface area contributed by atoms with Crippen LogP contribution in [0, 0.1) is 0 Å². The van der Waals surface area contributed by atoms with Gasteiger partial charge in [-0.15, -0.1) is 0 Å². The largest absolute Gasteiger partial charge is 0.418 e. The fourth-order valence-electron chi connectivity index (χ4n) is 3.23. The molecule has 1 aliphatic rings. The van der Waals surface area contributed by atoms with Gasteiger partial charge < -0.3 is 10.6 Å². The minimum atomic E-state index is -4.53. The first-order valence-electron chi connectivity index (χ1n) is 9.66. The van der Waals surface area contributed by atoms with Crippen molar-refractivity contribution in [1.82, 2.24) is 15.1 Å². The van der Waals surface area contributed by atoms with Gasteiger partial charge in [-0.25, -0.2) is 0 Å². The number of nitrogens with zero attached hydrogens (tertiary/aromatic N) is 2. The third kappa shape index (κ3) is 8.02. The van der Waals surface area contributed by atoms with Gasteiger partial charge in [-0.1, -0.05) is 12.1 Å². The second-order valence-corrected chi connectivity index (χ2v) is 8.30. The van der Waals surface area contributed by atoms with Gasteiger partial charge in [-0.05, 0) is 52.4 Å². The normalized spacial score (nSPS) is 16.9. The quantitative estimate of drug-likeness (QED) is 0.777. The fourth-order valence-corrected chi connectivity index (χ4v) is 3.23. The average molecular weight is 414 g/mol. The van der Waals surface area contributed by atoms with E-state index >= 15 is 0 Å². The number of carbonyl (C=O) groups excluding carboxylic acids is 2. The molecule has 9 heteroatoms. The lowest BCUT2D eigenvalue weighted by atomic mass is 10.1. The summed E-state index contributed by atoms with van der Waals surface area (Å²) in [5, 5.41) is 5.30. The molecule has 0 unspecified atom stereocenters. The fraction of sp³-hybridized carbons (Fsp3) is 0.600. The topological polar surface area (TPSA) is 64.7 Å². The molecule has 0 atom stereocenters. The van der Waals surface area contributed by atoms with Crippen LogP contribution in [0.25, 0.3) is 0 Å². The van der Waals surface area contributed by atoms with Crippen LogP contribution in [0.5, 0.6) is 0 Å². The van der Waals surface area contributed by atoms with E-state index in [2.05, 4.69) is 10.6 Å². The Bertz CT molecular complexity index is 716. The number of rotatable bonds is 5. The Morgan fingerprint density at radius 3 is 2.03 bits per heavy atom. The highest BCUT2D eigenvalue weighted by atomic mass is 19.4. The van der Waals surface area contributed by atoms with Crippen LogP contribution in [0.15, 0.2) is 24.3 Å². The highest BCUT2D eigenvalue weighted by molar-refractivity contribution is 5.93. The maximum Gasteiger partial charge on any atom is 0.418 e. The minimum Gasteiger partial charge on any atom is -0.350 e. The Labute approximate surface area is 169 Å². The van der Waals surface area contributed by atoms with Gasteiger partial charge in [0, 0.05) is 18.6 Å². The summed E-state index contributed by atoms with van der Waals surface area (Å²) in [5.41, 5.74) is -1.39. The standard InChI is InChI=1S/C20H29F3N4O2/c1-19(2,3)25-18(29)14-27-10-6-9-26(11-12-27)13-17(28)24-16-8-5-4-7-15(16)20(21,22)23/h4-5,7-8H,6,9-14H2,1-3H3,(H,24,28)(H,25,29). The summed E-state index contributed by atoms with van der Waals surface area (Å²) < 4.78 is 39.2. The molecule has 1 fully saturated rings. The summed E-state index contributed by atoms with van der Waals surface area (Å²) in [7, 11) is 0. The van der Waals surface area contributed by atoms with E-state index in [-0.39, 0.29) is 30.2 Å². The number of anilines is 1. The van der Waals surface area contributed by atoms with Crippen molar-refractivity contribution < 1.29 is 22.8 Å². The average Bonchev–Trinajstić information content (AvgIpc) is 2.77. The van der Waals surface area contributed by atoms with Crippen molar-refractivity contribution >= 4 is 17.5 Å². The Morgan fingerprint density at radius 1 is 0.931 bits per heavy atom. The maximum atomic E-state index is 13.1. The van der Waals surface area contributed by atoms with Crippen LogP contribution in [0.3, 0.4) is 0 Å². The number of halogens is 3. The number of para-hydroxylation sites is 1. The zero-order valence-electron chi connectivity index (χ0n) is 17.1. The molecule has 2 amide bonds. The van der Waals surface area contributed by atoms with Crippen LogP contribution < -0.4 is 10.6 Å². The molecule has 0 bridgehead atoms. The molecule has 0 spiro atoms. The number of alkyl halides is 3. The molecule has 2 rings (SSSR count). The van der Waals surface area contributed by atoms with Crippen LogP contribution in [-0.4, -0.2) is 66.4 Å². The Balaban J connectivity index is 1.86. The molecule has 29 heavy (non-hydrogen) atoms. The molecule has 2 N–H and O–H groups in total. The Kier molecular flexibility index (Phi) is 7.65. The van der Waals surface area contributed by atoms with Crippen molar-refractivity contribution in [2.75, 3.05) is 44.6 Å². The van der Waals surface area contributed by atoms with E-state index in [0.29, 0.717) is 19.6 Å². The lowest BCUT2D eigenvalue weighted by Gasteiger charge is -2.25. The van der Waals surface area contributed by atoms with E-state index in [0.717, 1.165) is 19.0 Å². The summed E-state index contributed by atoms with van der Waals surface area (Å²) in [5.74, 6) is -0.534. The van der Waals surface area contributed by atoms with Crippen LogP contribution in [0.4, 0.5) is 18.9 Å². The smallest absolute Gasteiger partial charge is 0.350 e. The lowest BCUT2D eigenvalue weighted by Crippen LogP contribution is -2.46. The summed E-state index contributed by atoms with van der Waals surface area (Å²) in [4.78, 5) is 28.3. The molecular formula is C20H29F3N4O2. The monoisotopic (exact) mass is 414 g/mol. The van der Waals surface area contributed by atoms with Gasteiger partial charge in [0.2, 0.25) is 11.8 Å². The molecule has 1 heterocycles. The molecule has 1 aliphatic heterocycles. The van der Waals surface area contributed by atoms with Crippen molar-refractivity contribution in [3.63, 3.8) is 0 Å². The number of benzene rings is 1. The minimum absolute atomic E-state index is 0.00815. The molecular weight excluding hydrogens is 385 g/mol. The van der Waals surface area contributed by atoms with Crippen molar-refractivity contribution in [2.45, 2.75) is 38.9 Å². The van der Waals surface area contributed by atoms with E-state index in [1.807, 2.05) is 30.6 Å². The van der Waals surface area contributed by atoms with Crippen molar-refractivity contribution in [1.29, 1.82) is 0 Å². The van der Waals surface area contributed by atoms with Gasteiger partial charge >= 0.3 is 6.18 Å². The number of amides is 2. The summed E-state index contributed by atoms with van der Waals surface area (Å²) in [6, 6.07) is 4.94. The second-order valence-electron chi connectivity index (χ2n) is 8.30. The first kappa shape index (κ1) is 23.2. The van der Waals surface area contributed by atoms with Gasteiger partial charge in [0.05, 0.1) is 24.3 Å². The first-order chi connectivity index (χ1) is 13.4. The van der Waals surface area contributed by atoms with Gasteiger partial charge in [-0.3, -0.25) is 19.4 Å². The number of hydrogen-bond donors (Lipinski definition) is 2. The highest BCUT2D eigenvalue weighted by Crippen LogP contribution is 2.34. The van der Waals surface area contributed by atoms with Gasteiger partial charge in [0.15, 0.2) is 0 Å². The molecule has 162 valence electrons. The van der Waals surface area contributed by atoms with Crippen molar-refractivity contribution in [3.8, 4) is 0 Å². The third-order valence-electron chi connectivity index (χ3n) is 4.44. The van der Waals surface area contributed by atoms with E-state index in [9.17, 15) is 22.8 Å². The predicted molar refractivity (Wildman–Crippen MR) is 105 cm³/mol. The zero-order valence-corrected chi connectivity index (χ0v) is 17.1. The molecule has 1 saturated heterocycles.